The van der Waals surface area contributed by atoms with Gasteiger partial charge in [0, 0.05) is 13.0 Å². The first-order valence-corrected chi connectivity index (χ1v) is 2.15. The Balaban J connectivity index is 2.31. The van der Waals surface area contributed by atoms with Crippen molar-refractivity contribution in [1.29, 1.82) is 5.26 Å². The zero-order valence-electron chi connectivity index (χ0n) is 3.81. The molecule has 1 radical (unpaired) electrons. The monoisotopic (exact) mass is 96.1 g/mol. The Labute approximate surface area is 42.3 Å². The molecule has 0 bridgehead atoms. The van der Waals surface area contributed by atoms with E-state index in [1.807, 2.05) is 12.5 Å². The predicted molar refractivity (Wildman–Crippen MR) is 24.8 cm³/mol. The lowest BCUT2D eigenvalue weighted by atomic mass is 10.3. The van der Waals surface area contributed by atoms with Gasteiger partial charge in [-0.2, -0.15) is 5.26 Å². The summed E-state index contributed by atoms with van der Waals surface area (Å²) in [5.41, 5.74) is 5.53. The fourth-order valence-corrected chi connectivity index (χ4v) is 0.490. The third-order valence-corrected chi connectivity index (χ3v) is 0.852. The van der Waals surface area contributed by atoms with E-state index < -0.39 is 0 Å². The van der Waals surface area contributed by atoms with Gasteiger partial charge in [0.25, 0.3) is 0 Å². The highest BCUT2D eigenvalue weighted by Crippen LogP contribution is 1.89. The van der Waals surface area contributed by atoms with Gasteiger partial charge in [0.05, 0.1) is 6.07 Å². The average molecular weight is 96.1 g/mol. The van der Waals surface area contributed by atoms with Crippen LogP contribution in [0.15, 0.2) is 0 Å². The number of hydrazine groups is 1. The number of hydrogen-bond acceptors (Lipinski definition) is 3. The Bertz CT molecular complexity index is 87.6. The van der Waals surface area contributed by atoms with Crippen LogP contribution in [0.25, 0.3) is 0 Å². The summed E-state index contributed by atoms with van der Waals surface area (Å²) in [4.78, 5) is 0. The van der Waals surface area contributed by atoms with E-state index in [9.17, 15) is 0 Å². The van der Waals surface area contributed by atoms with Gasteiger partial charge in [0.1, 0.15) is 6.04 Å². The minimum atomic E-state index is -0.0833. The quantitative estimate of drug-likeness (QED) is 0.414. The van der Waals surface area contributed by atoms with E-state index >= 15 is 0 Å². The third-order valence-electron chi connectivity index (χ3n) is 0.852. The summed E-state index contributed by atoms with van der Waals surface area (Å²) in [7, 11) is 0. The van der Waals surface area contributed by atoms with Gasteiger partial charge in [-0.05, 0) is 0 Å². The van der Waals surface area contributed by atoms with Crippen molar-refractivity contribution >= 4 is 0 Å². The van der Waals surface area contributed by atoms with Gasteiger partial charge in [-0.15, -0.1) is 0 Å². The molecule has 1 saturated heterocycles. The summed E-state index contributed by atoms with van der Waals surface area (Å²) < 4.78 is 0. The van der Waals surface area contributed by atoms with Gasteiger partial charge in [-0.25, -0.2) is 5.43 Å². The molecule has 0 amide bonds. The Kier molecular flexibility index (Phi) is 1.25. The highest BCUT2D eigenvalue weighted by molar-refractivity contribution is 5.03. The number of rotatable bonds is 0. The largest absolute Gasteiger partial charge is 0.256 e. The summed E-state index contributed by atoms with van der Waals surface area (Å²) in [5, 5.41) is 8.18. The molecule has 1 fully saturated rings. The molecular formula is C4H6N3. The molecule has 0 aliphatic carbocycles. The van der Waals surface area contributed by atoms with Crippen molar-refractivity contribution in [3.05, 3.63) is 6.42 Å². The van der Waals surface area contributed by atoms with Crippen LogP contribution in [0.1, 0.15) is 0 Å². The highest BCUT2D eigenvalue weighted by atomic mass is 15.4. The van der Waals surface area contributed by atoms with E-state index in [2.05, 4.69) is 10.9 Å². The summed E-state index contributed by atoms with van der Waals surface area (Å²) in [5.74, 6) is 0. The molecule has 1 aliphatic heterocycles. The predicted octanol–water partition coefficient (Wildman–Crippen LogP) is -0.809. The molecule has 1 aliphatic rings. The first-order chi connectivity index (χ1) is 3.43. The van der Waals surface area contributed by atoms with Crippen LogP contribution >= 0.6 is 0 Å². The lowest BCUT2D eigenvalue weighted by Gasteiger charge is -1.91. The fourth-order valence-electron chi connectivity index (χ4n) is 0.490. The molecule has 0 aromatic carbocycles. The lowest BCUT2D eigenvalue weighted by molar-refractivity contribution is 0.643. The van der Waals surface area contributed by atoms with E-state index in [0.717, 1.165) is 6.54 Å². The number of nitrogens with zero attached hydrogens (tertiary/aromatic N) is 1. The maximum atomic E-state index is 8.18. The van der Waals surface area contributed by atoms with Gasteiger partial charge >= 0.3 is 0 Å². The van der Waals surface area contributed by atoms with Crippen LogP contribution in [-0.2, 0) is 0 Å². The first-order valence-electron chi connectivity index (χ1n) is 2.15. The molecule has 2 N–H and O–H groups in total. The zero-order chi connectivity index (χ0) is 5.11. The Morgan fingerprint density at radius 1 is 1.86 bits per heavy atom. The fraction of sp³-hybridized carbons (Fsp3) is 0.500. The van der Waals surface area contributed by atoms with Crippen molar-refractivity contribution < 1.29 is 0 Å². The van der Waals surface area contributed by atoms with Crippen LogP contribution in [0.3, 0.4) is 0 Å². The zero-order valence-corrected chi connectivity index (χ0v) is 3.81. The van der Waals surface area contributed by atoms with Crippen LogP contribution in [0, 0.1) is 17.8 Å². The van der Waals surface area contributed by atoms with Crippen LogP contribution in [-0.4, -0.2) is 12.6 Å². The summed E-state index contributed by atoms with van der Waals surface area (Å²) in [6.45, 7) is 0.790. The average Bonchev–Trinajstić information content (AvgIpc) is 2.14. The van der Waals surface area contributed by atoms with Gasteiger partial charge in [-0.3, -0.25) is 5.43 Å². The molecule has 1 atom stereocenters. The van der Waals surface area contributed by atoms with E-state index in [1.54, 1.807) is 0 Å². The van der Waals surface area contributed by atoms with Crippen LogP contribution in [0.5, 0.6) is 0 Å². The standard InChI is InChI=1S/C4H6N3/c5-3-4-1-2-6-7-4/h1,4,6-7H,2H2. The maximum absolute atomic E-state index is 8.18. The van der Waals surface area contributed by atoms with Crippen molar-refractivity contribution in [2.45, 2.75) is 6.04 Å². The second kappa shape index (κ2) is 1.92. The van der Waals surface area contributed by atoms with Crippen molar-refractivity contribution in [3.63, 3.8) is 0 Å². The van der Waals surface area contributed by atoms with Crippen LogP contribution < -0.4 is 10.9 Å². The number of hydrogen-bond donors (Lipinski definition) is 2. The molecule has 37 valence electrons. The summed E-state index contributed by atoms with van der Waals surface area (Å²) >= 11 is 0. The molecule has 1 unspecified atom stereocenters. The SMILES string of the molecule is N#CC1[CH]CNN1. The third kappa shape index (κ3) is 0.889. The Morgan fingerprint density at radius 3 is 3.00 bits per heavy atom. The van der Waals surface area contributed by atoms with Crippen molar-refractivity contribution in [2.75, 3.05) is 6.54 Å². The molecular weight excluding hydrogens is 90.1 g/mol. The topological polar surface area (TPSA) is 47.9 Å². The molecule has 0 spiro atoms. The Hall–Kier alpha value is -0.590. The highest BCUT2D eigenvalue weighted by Gasteiger charge is 2.10. The van der Waals surface area contributed by atoms with E-state index in [1.165, 1.54) is 0 Å². The molecule has 0 aromatic rings. The minimum absolute atomic E-state index is 0.0833. The van der Waals surface area contributed by atoms with E-state index in [0.29, 0.717) is 0 Å². The molecule has 1 heterocycles. The number of nitriles is 1. The molecule has 0 aromatic heterocycles. The van der Waals surface area contributed by atoms with Crippen molar-refractivity contribution in [3.8, 4) is 6.07 Å². The number of nitrogens with one attached hydrogen (secondary N) is 2. The summed E-state index contributed by atoms with van der Waals surface area (Å²) in [6, 6.07) is 1.95. The van der Waals surface area contributed by atoms with Crippen LogP contribution in [0.4, 0.5) is 0 Å². The van der Waals surface area contributed by atoms with Crippen LogP contribution in [0.2, 0.25) is 0 Å². The minimum Gasteiger partial charge on any atom is -0.256 e. The van der Waals surface area contributed by atoms with E-state index in [4.69, 9.17) is 5.26 Å². The van der Waals surface area contributed by atoms with Gasteiger partial charge in [0.2, 0.25) is 0 Å². The second-order valence-corrected chi connectivity index (χ2v) is 1.37. The van der Waals surface area contributed by atoms with Gasteiger partial charge < -0.3 is 0 Å². The molecule has 0 saturated carbocycles. The normalized spacial score (nSPS) is 29.9. The molecule has 3 nitrogen and oxygen atoms in total. The van der Waals surface area contributed by atoms with Gasteiger partial charge in [-0.1, -0.05) is 0 Å². The molecule has 7 heavy (non-hydrogen) atoms. The Morgan fingerprint density at radius 2 is 2.71 bits per heavy atom. The molecule has 1 rings (SSSR count). The maximum Gasteiger partial charge on any atom is 0.112 e. The molecule has 3 heteroatoms. The summed E-state index contributed by atoms with van der Waals surface area (Å²) in [6.07, 6.45) is 1.88. The van der Waals surface area contributed by atoms with Gasteiger partial charge in [0.15, 0.2) is 0 Å². The smallest absolute Gasteiger partial charge is 0.112 e. The van der Waals surface area contributed by atoms with Crippen molar-refractivity contribution in [1.82, 2.24) is 10.9 Å². The second-order valence-electron chi connectivity index (χ2n) is 1.37. The first kappa shape index (κ1) is 4.57. The van der Waals surface area contributed by atoms with E-state index in [-0.39, 0.29) is 6.04 Å². The lowest BCUT2D eigenvalue weighted by Crippen LogP contribution is -2.28. The van der Waals surface area contributed by atoms with Crippen molar-refractivity contribution in [2.24, 2.45) is 0 Å².